The van der Waals surface area contributed by atoms with Gasteiger partial charge in [0.2, 0.25) is 0 Å². The van der Waals surface area contributed by atoms with Crippen molar-refractivity contribution < 1.29 is 0 Å². The zero-order valence-corrected chi connectivity index (χ0v) is 12.3. The summed E-state index contributed by atoms with van der Waals surface area (Å²) in [4.78, 5) is 0. The lowest BCUT2D eigenvalue weighted by molar-refractivity contribution is 0.425. The summed E-state index contributed by atoms with van der Waals surface area (Å²) in [5.41, 5.74) is 1.37. The summed E-state index contributed by atoms with van der Waals surface area (Å²) >= 11 is 3.52. The zero-order valence-electron chi connectivity index (χ0n) is 10.7. The van der Waals surface area contributed by atoms with Crippen molar-refractivity contribution in [2.45, 2.75) is 45.7 Å². The number of benzene rings is 1. The Bertz CT molecular complexity index is 364. The van der Waals surface area contributed by atoms with E-state index in [1.54, 1.807) is 0 Å². The van der Waals surface area contributed by atoms with Gasteiger partial charge in [0.1, 0.15) is 0 Å². The maximum Gasteiger partial charge on any atom is 0.0208 e. The molecule has 94 valence electrons. The molecule has 17 heavy (non-hydrogen) atoms. The van der Waals surface area contributed by atoms with Gasteiger partial charge in [-0.2, -0.15) is 0 Å². The summed E-state index contributed by atoms with van der Waals surface area (Å²) in [6, 6.07) is 9.28. The van der Waals surface area contributed by atoms with E-state index in [0.29, 0.717) is 6.04 Å². The van der Waals surface area contributed by atoms with E-state index < -0.39 is 0 Å². The first-order valence-corrected chi connectivity index (χ1v) is 7.46. The molecule has 0 aliphatic heterocycles. The number of halogens is 1. The molecule has 0 aromatic heterocycles. The lowest BCUT2D eigenvalue weighted by Gasteiger charge is -2.17. The molecule has 3 atom stereocenters. The SMILES string of the molecule is CC[C@@H]1CC(NCc2cccc(Br)c2)[C@@H](C)C1. The fourth-order valence-corrected chi connectivity index (χ4v) is 3.34. The van der Waals surface area contributed by atoms with Crippen molar-refractivity contribution in [3.63, 3.8) is 0 Å². The number of rotatable bonds is 4. The van der Waals surface area contributed by atoms with Crippen molar-refractivity contribution in [1.29, 1.82) is 0 Å². The summed E-state index contributed by atoms with van der Waals surface area (Å²) < 4.78 is 1.17. The Morgan fingerprint density at radius 2 is 2.18 bits per heavy atom. The van der Waals surface area contributed by atoms with Crippen LogP contribution in [-0.2, 0) is 6.54 Å². The van der Waals surface area contributed by atoms with E-state index in [-0.39, 0.29) is 0 Å². The summed E-state index contributed by atoms with van der Waals surface area (Å²) in [6.45, 7) is 5.69. The van der Waals surface area contributed by atoms with Crippen LogP contribution >= 0.6 is 15.9 Å². The Morgan fingerprint density at radius 1 is 1.35 bits per heavy atom. The third kappa shape index (κ3) is 3.56. The lowest BCUT2D eigenvalue weighted by atomic mass is 10.0. The second-order valence-corrected chi connectivity index (χ2v) is 6.26. The van der Waals surface area contributed by atoms with E-state index in [4.69, 9.17) is 0 Å². The molecule has 0 radical (unpaired) electrons. The van der Waals surface area contributed by atoms with Gasteiger partial charge in [0.15, 0.2) is 0 Å². The number of hydrogen-bond donors (Lipinski definition) is 1. The third-order valence-corrected chi connectivity index (χ3v) is 4.51. The van der Waals surface area contributed by atoms with Crippen molar-refractivity contribution in [3.8, 4) is 0 Å². The molecule has 1 aromatic rings. The molecule has 1 unspecified atom stereocenters. The van der Waals surface area contributed by atoms with Gasteiger partial charge < -0.3 is 5.32 Å². The molecule has 1 aromatic carbocycles. The Labute approximate surface area is 113 Å². The molecule has 1 aliphatic rings. The summed E-state index contributed by atoms with van der Waals surface area (Å²) in [5.74, 6) is 1.76. The minimum atomic E-state index is 0.707. The van der Waals surface area contributed by atoms with Crippen LogP contribution in [0.2, 0.25) is 0 Å². The van der Waals surface area contributed by atoms with Crippen LogP contribution in [0.5, 0.6) is 0 Å². The van der Waals surface area contributed by atoms with Gasteiger partial charge in [0, 0.05) is 17.1 Å². The monoisotopic (exact) mass is 295 g/mol. The third-order valence-electron chi connectivity index (χ3n) is 4.01. The van der Waals surface area contributed by atoms with Crippen molar-refractivity contribution in [2.75, 3.05) is 0 Å². The Balaban J connectivity index is 1.86. The second-order valence-electron chi connectivity index (χ2n) is 5.34. The van der Waals surface area contributed by atoms with E-state index in [9.17, 15) is 0 Å². The summed E-state index contributed by atoms with van der Waals surface area (Å²) in [7, 11) is 0. The first kappa shape index (κ1) is 13.1. The molecule has 1 nitrogen and oxygen atoms in total. The molecule has 0 bridgehead atoms. The molecule has 1 aliphatic carbocycles. The fraction of sp³-hybridized carbons (Fsp3) is 0.600. The molecule has 1 saturated carbocycles. The Kier molecular flexibility index (Phi) is 4.63. The maximum atomic E-state index is 3.72. The van der Waals surface area contributed by atoms with E-state index in [0.717, 1.165) is 18.4 Å². The number of nitrogens with one attached hydrogen (secondary N) is 1. The van der Waals surface area contributed by atoms with Crippen molar-refractivity contribution >= 4 is 15.9 Å². The standard InChI is InChI=1S/C15H22BrN/c1-3-12-7-11(2)15(9-12)17-10-13-5-4-6-14(16)8-13/h4-6,8,11-12,15,17H,3,7,9-10H2,1-2H3/t11-,12-,15?/m0/s1. The maximum absolute atomic E-state index is 3.72. The normalized spacial score (nSPS) is 28.5. The minimum absolute atomic E-state index is 0.707. The molecule has 2 heteroatoms. The van der Waals surface area contributed by atoms with Crippen LogP contribution in [0.4, 0.5) is 0 Å². The van der Waals surface area contributed by atoms with Crippen LogP contribution in [0.15, 0.2) is 28.7 Å². The summed E-state index contributed by atoms with van der Waals surface area (Å²) in [5, 5.41) is 3.72. The average molecular weight is 296 g/mol. The fourth-order valence-electron chi connectivity index (χ4n) is 2.89. The van der Waals surface area contributed by atoms with Gasteiger partial charge in [0.25, 0.3) is 0 Å². The highest BCUT2D eigenvalue weighted by atomic mass is 79.9. The first-order valence-electron chi connectivity index (χ1n) is 6.67. The van der Waals surface area contributed by atoms with E-state index in [1.165, 1.54) is 29.3 Å². The highest BCUT2D eigenvalue weighted by Crippen LogP contribution is 2.33. The minimum Gasteiger partial charge on any atom is -0.310 e. The summed E-state index contributed by atoms with van der Waals surface area (Å²) in [6.07, 6.45) is 4.08. The molecule has 1 fully saturated rings. The molecule has 0 amide bonds. The van der Waals surface area contributed by atoms with Crippen LogP contribution in [0, 0.1) is 11.8 Å². The molecule has 0 saturated heterocycles. The molecule has 0 heterocycles. The van der Waals surface area contributed by atoms with Gasteiger partial charge in [-0.15, -0.1) is 0 Å². The second kappa shape index (κ2) is 6.01. The van der Waals surface area contributed by atoms with Gasteiger partial charge in [-0.05, 0) is 42.4 Å². The zero-order chi connectivity index (χ0) is 12.3. The van der Waals surface area contributed by atoms with E-state index in [1.807, 2.05) is 0 Å². The highest BCUT2D eigenvalue weighted by molar-refractivity contribution is 9.10. The molecule has 0 spiro atoms. The highest BCUT2D eigenvalue weighted by Gasteiger charge is 2.29. The lowest BCUT2D eigenvalue weighted by Crippen LogP contribution is -2.30. The van der Waals surface area contributed by atoms with Crippen LogP contribution < -0.4 is 5.32 Å². The average Bonchev–Trinajstić information content (AvgIpc) is 2.68. The predicted octanol–water partition coefficient (Wildman–Crippen LogP) is 4.36. The van der Waals surface area contributed by atoms with Crippen molar-refractivity contribution in [3.05, 3.63) is 34.3 Å². The first-order chi connectivity index (χ1) is 8.19. The Morgan fingerprint density at radius 3 is 2.82 bits per heavy atom. The number of hydrogen-bond acceptors (Lipinski definition) is 1. The molecule has 2 rings (SSSR count). The largest absolute Gasteiger partial charge is 0.310 e. The van der Waals surface area contributed by atoms with Crippen molar-refractivity contribution in [2.24, 2.45) is 11.8 Å². The van der Waals surface area contributed by atoms with Gasteiger partial charge in [-0.3, -0.25) is 0 Å². The van der Waals surface area contributed by atoms with Gasteiger partial charge in [0.05, 0.1) is 0 Å². The Hall–Kier alpha value is -0.340. The molecule has 1 N–H and O–H groups in total. The van der Waals surface area contributed by atoms with Crippen LogP contribution in [0.3, 0.4) is 0 Å². The van der Waals surface area contributed by atoms with Crippen molar-refractivity contribution in [1.82, 2.24) is 5.32 Å². The topological polar surface area (TPSA) is 12.0 Å². The van der Waals surface area contributed by atoms with Crippen LogP contribution in [0.1, 0.15) is 38.7 Å². The molecular weight excluding hydrogens is 274 g/mol. The van der Waals surface area contributed by atoms with Gasteiger partial charge >= 0.3 is 0 Å². The van der Waals surface area contributed by atoms with Crippen LogP contribution in [0.25, 0.3) is 0 Å². The quantitative estimate of drug-likeness (QED) is 0.870. The van der Waals surface area contributed by atoms with Gasteiger partial charge in [-0.1, -0.05) is 48.3 Å². The predicted molar refractivity (Wildman–Crippen MR) is 76.9 cm³/mol. The van der Waals surface area contributed by atoms with Crippen LogP contribution in [-0.4, -0.2) is 6.04 Å². The van der Waals surface area contributed by atoms with Gasteiger partial charge in [-0.25, -0.2) is 0 Å². The van der Waals surface area contributed by atoms with E-state index in [2.05, 4.69) is 59.4 Å². The smallest absolute Gasteiger partial charge is 0.0208 e. The molecular formula is C15H22BrN. The van der Waals surface area contributed by atoms with E-state index >= 15 is 0 Å².